The van der Waals surface area contributed by atoms with Crippen LogP contribution in [-0.2, 0) is 11.4 Å². The Balaban J connectivity index is 1.48. The summed E-state index contributed by atoms with van der Waals surface area (Å²) in [4.78, 5) is 14.9. The summed E-state index contributed by atoms with van der Waals surface area (Å²) in [5, 5.41) is 29.0. The van der Waals surface area contributed by atoms with Crippen LogP contribution in [0, 0.1) is 23.2 Å². The minimum atomic E-state index is -0.276. The summed E-state index contributed by atoms with van der Waals surface area (Å²) >= 11 is 0. The number of amides is 1. The van der Waals surface area contributed by atoms with Crippen LogP contribution in [0.5, 0.6) is 0 Å². The Labute approximate surface area is 170 Å². The predicted molar refractivity (Wildman–Crippen MR) is 108 cm³/mol. The minimum Gasteiger partial charge on any atom is -0.392 e. The molecule has 0 aromatic heterocycles. The van der Waals surface area contributed by atoms with E-state index in [1.54, 1.807) is 0 Å². The van der Waals surface area contributed by atoms with Crippen LogP contribution >= 0.6 is 0 Å². The molecular weight excluding hydrogens is 370 g/mol. The van der Waals surface area contributed by atoms with Gasteiger partial charge in [-0.1, -0.05) is 12.1 Å². The molecule has 9 heteroatoms. The van der Waals surface area contributed by atoms with E-state index in [-0.39, 0.29) is 36.9 Å². The molecular formula is C20H29N7O2. The second-order valence-electron chi connectivity index (χ2n) is 8.06. The average molecular weight is 399 g/mol. The zero-order valence-corrected chi connectivity index (χ0v) is 16.4. The van der Waals surface area contributed by atoms with Crippen molar-refractivity contribution in [3.63, 3.8) is 0 Å². The molecule has 9 nitrogen and oxygen atoms in total. The van der Waals surface area contributed by atoms with Gasteiger partial charge in [-0.2, -0.15) is 5.26 Å². The number of piperidine rings is 1. The highest BCUT2D eigenvalue weighted by atomic mass is 16.3. The highest BCUT2D eigenvalue weighted by molar-refractivity contribution is 5.81. The Morgan fingerprint density at radius 3 is 2.86 bits per heavy atom. The van der Waals surface area contributed by atoms with Crippen molar-refractivity contribution >= 4 is 11.6 Å². The van der Waals surface area contributed by atoms with E-state index in [0.717, 1.165) is 37.2 Å². The molecule has 0 bridgehead atoms. The number of likely N-dealkylation sites (tertiary alicyclic amines) is 1. The van der Waals surface area contributed by atoms with Gasteiger partial charge in [-0.05, 0) is 36.5 Å². The summed E-state index contributed by atoms with van der Waals surface area (Å²) in [6, 6.07) is 9.89. The van der Waals surface area contributed by atoms with E-state index < -0.39 is 0 Å². The lowest BCUT2D eigenvalue weighted by Gasteiger charge is -2.49. The third-order valence-corrected chi connectivity index (χ3v) is 6.16. The Hall–Kier alpha value is -2.22. The molecule has 6 N–H and O–H groups in total. The van der Waals surface area contributed by atoms with Gasteiger partial charge in [0.2, 0.25) is 5.91 Å². The number of rotatable bonds is 5. The second-order valence-corrected chi connectivity index (χ2v) is 8.06. The van der Waals surface area contributed by atoms with Crippen LogP contribution in [0.3, 0.4) is 0 Å². The normalized spacial score (nSPS) is 30.8. The lowest BCUT2D eigenvalue weighted by atomic mass is 9.90. The minimum absolute atomic E-state index is 0.00893. The fourth-order valence-electron chi connectivity index (χ4n) is 4.54. The van der Waals surface area contributed by atoms with Gasteiger partial charge in [0.05, 0.1) is 24.8 Å². The number of hydrogen-bond donors (Lipinski definition) is 6. The summed E-state index contributed by atoms with van der Waals surface area (Å²) < 4.78 is 0. The van der Waals surface area contributed by atoms with E-state index in [4.69, 9.17) is 5.26 Å². The van der Waals surface area contributed by atoms with Gasteiger partial charge in [0.1, 0.15) is 6.29 Å². The molecule has 3 saturated heterocycles. The highest BCUT2D eigenvalue weighted by Crippen LogP contribution is 2.25. The predicted octanol–water partition coefficient (Wildman–Crippen LogP) is -0.362. The van der Waals surface area contributed by atoms with Gasteiger partial charge in [-0.3, -0.25) is 25.8 Å². The van der Waals surface area contributed by atoms with Crippen LogP contribution in [0.25, 0.3) is 0 Å². The molecule has 4 unspecified atom stereocenters. The molecule has 3 aliphatic heterocycles. The number of fused-ring (bicyclic) bond motifs is 1. The van der Waals surface area contributed by atoms with Gasteiger partial charge in [0, 0.05) is 37.8 Å². The first-order valence-electron chi connectivity index (χ1n) is 10.3. The molecule has 0 radical (unpaired) electrons. The Bertz CT molecular complexity index is 759. The third-order valence-electron chi connectivity index (χ3n) is 6.16. The van der Waals surface area contributed by atoms with Crippen molar-refractivity contribution in [2.24, 2.45) is 11.8 Å². The third kappa shape index (κ3) is 4.52. The largest absolute Gasteiger partial charge is 0.392 e. The van der Waals surface area contributed by atoms with E-state index in [0.29, 0.717) is 18.9 Å². The summed E-state index contributed by atoms with van der Waals surface area (Å²) in [6.45, 7) is 2.46. The Morgan fingerprint density at radius 2 is 2.10 bits per heavy atom. The van der Waals surface area contributed by atoms with Crippen molar-refractivity contribution in [1.29, 1.82) is 5.26 Å². The number of nitrogens with zero attached hydrogens (tertiary/aromatic N) is 2. The summed E-state index contributed by atoms with van der Waals surface area (Å²) in [5.74, 6) is 0.148. The van der Waals surface area contributed by atoms with Crippen molar-refractivity contribution in [1.82, 2.24) is 26.4 Å². The van der Waals surface area contributed by atoms with Crippen molar-refractivity contribution in [2.75, 3.05) is 25.0 Å². The zero-order valence-electron chi connectivity index (χ0n) is 16.4. The number of benzene rings is 1. The number of nitrogens with one attached hydrogen (secondary N) is 5. The number of carbonyl (C=O) groups excluding carboxylic acids is 1. The average Bonchev–Trinajstić information content (AvgIpc) is 2.74. The van der Waals surface area contributed by atoms with Crippen molar-refractivity contribution in [2.45, 2.75) is 44.4 Å². The standard InChI is InChI=1S/C20H29N7O2/c21-7-4-13-5-8-27(9-6-13)20-24-16-11-22-26-19(29)17(16)18(25-20)23-15-3-1-2-14(10-15)12-28/h1-3,10,13,16-18,20,22-25,28H,4-6,8-9,11-12H2,(H,26,29). The van der Waals surface area contributed by atoms with Gasteiger partial charge in [0.15, 0.2) is 0 Å². The van der Waals surface area contributed by atoms with Crippen molar-refractivity contribution < 1.29 is 9.90 Å². The Morgan fingerprint density at radius 1 is 1.28 bits per heavy atom. The second kappa shape index (κ2) is 9.07. The monoisotopic (exact) mass is 399 g/mol. The molecule has 1 aromatic carbocycles. The van der Waals surface area contributed by atoms with E-state index in [1.165, 1.54) is 0 Å². The SMILES string of the molecule is N#CCC1CCN(C2NC3CNNC(=O)C3C(Nc3cccc(CO)c3)N2)CC1. The number of hydrazine groups is 1. The fraction of sp³-hybridized carbons (Fsp3) is 0.600. The first-order chi connectivity index (χ1) is 14.2. The quantitative estimate of drug-likeness (QED) is 0.397. The number of hydrogen-bond acceptors (Lipinski definition) is 8. The molecule has 1 aromatic rings. The van der Waals surface area contributed by atoms with Crippen LogP contribution in [0.2, 0.25) is 0 Å². The number of aliphatic hydroxyl groups is 1. The molecule has 0 saturated carbocycles. The van der Waals surface area contributed by atoms with E-state index >= 15 is 0 Å². The molecule has 0 spiro atoms. The first kappa shape index (κ1) is 20.1. The molecule has 3 fully saturated rings. The fourth-order valence-corrected chi connectivity index (χ4v) is 4.54. The molecule has 1 amide bonds. The smallest absolute Gasteiger partial charge is 0.242 e. The molecule has 29 heavy (non-hydrogen) atoms. The summed E-state index contributed by atoms with van der Waals surface area (Å²) in [7, 11) is 0. The first-order valence-corrected chi connectivity index (χ1v) is 10.3. The van der Waals surface area contributed by atoms with Gasteiger partial charge in [0.25, 0.3) is 0 Å². The van der Waals surface area contributed by atoms with Crippen LogP contribution in [0.1, 0.15) is 24.8 Å². The van der Waals surface area contributed by atoms with Gasteiger partial charge >= 0.3 is 0 Å². The maximum atomic E-state index is 12.6. The number of anilines is 1. The lowest BCUT2D eigenvalue weighted by molar-refractivity contribution is -0.132. The van der Waals surface area contributed by atoms with Crippen LogP contribution < -0.4 is 26.8 Å². The molecule has 4 rings (SSSR count). The van der Waals surface area contributed by atoms with Crippen LogP contribution in [0.4, 0.5) is 5.69 Å². The molecule has 156 valence electrons. The Kier molecular flexibility index (Phi) is 6.28. The highest BCUT2D eigenvalue weighted by Gasteiger charge is 2.45. The maximum absolute atomic E-state index is 12.6. The molecule has 3 heterocycles. The summed E-state index contributed by atoms with van der Waals surface area (Å²) in [5.41, 5.74) is 7.41. The van der Waals surface area contributed by atoms with Crippen LogP contribution in [-0.4, -0.2) is 54.0 Å². The number of nitriles is 1. The van der Waals surface area contributed by atoms with E-state index in [2.05, 4.69) is 37.8 Å². The van der Waals surface area contributed by atoms with Crippen LogP contribution in [0.15, 0.2) is 24.3 Å². The maximum Gasteiger partial charge on any atom is 0.242 e. The summed E-state index contributed by atoms with van der Waals surface area (Å²) in [6.07, 6.45) is 2.34. The number of carbonyl (C=O) groups is 1. The lowest BCUT2D eigenvalue weighted by Crippen LogP contribution is -2.77. The topological polar surface area (TPSA) is 124 Å². The van der Waals surface area contributed by atoms with Crippen molar-refractivity contribution in [3.8, 4) is 6.07 Å². The molecule has 4 atom stereocenters. The zero-order chi connectivity index (χ0) is 20.2. The van der Waals surface area contributed by atoms with Gasteiger partial charge in [-0.15, -0.1) is 0 Å². The number of aliphatic hydroxyl groups excluding tert-OH is 1. The molecule has 3 aliphatic rings. The van der Waals surface area contributed by atoms with Crippen molar-refractivity contribution in [3.05, 3.63) is 29.8 Å². The van der Waals surface area contributed by atoms with E-state index in [9.17, 15) is 9.90 Å². The van der Waals surface area contributed by atoms with Gasteiger partial charge in [-0.25, -0.2) is 5.43 Å². The molecule has 0 aliphatic carbocycles. The van der Waals surface area contributed by atoms with E-state index in [1.807, 2.05) is 24.3 Å². The van der Waals surface area contributed by atoms with Gasteiger partial charge < -0.3 is 10.4 Å².